The quantitative estimate of drug-likeness (QED) is 0.331. The number of unbranched alkanes of at least 4 members (excludes halogenated alkanes) is 1. The third-order valence-electron chi connectivity index (χ3n) is 5.48. The fourth-order valence-corrected chi connectivity index (χ4v) is 5.48. The fraction of sp³-hybridized carbons (Fsp3) is 0.381. The Labute approximate surface area is 187 Å². The zero-order chi connectivity index (χ0) is 21.8. The van der Waals surface area contributed by atoms with Crippen molar-refractivity contribution in [3.63, 3.8) is 0 Å². The molecule has 0 radical (unpaired) electrons. The second-order valence-corrected chi connectivity index (χ2v) is 9.16. The summed E-state index contributed by atoms with van der Waals surface area (Å²) in [7, 11) is 0. The van der Waals surface area contributed by atoms with E-state index >= 15 is 0 Å². The maximum Gasteiger partial charge on any atom is 0.412 e. The largest absolute Gasteiger partial charge is 0.412 e. The van der Waals surface area contributed by atoms with Gasteiger partial charge in [-0.25, -0.2) is 9.59 Å². The molecule has 8 nitrogen and oxygen atoms in total. The smallest absolute Gasteiger partial charge is 0.372 e. The lowest BCUT2D eigenvalue weighted by Gasteiger charge is -2.36. The molecule has 0 spiro atoms. The number of fused-ring (bicyclic) bond motifs is 1. The van der Waals surface area contributed by atoms with Crippen LogP contribution < -0.4 is 15.5 Å². The molecule has 0 unspecified atom stereocenters. The Morgan fingerprint density at radius 1 is 1.03 bits per heavy atom. The predicted octanol–water partition coefficient (Wildman–Crippen LogP) is 2.96. The van der Waals surface area contributed by atoms with Crippen molar-refractivity contribution in [3.05, 3.63) is 50.4 Å². The van der Waals surface area contributed by atoms with Gasteiger partial charge >= 0.3 is 16.9 Å². The van der Waals surface area contributed by atoms with Crippen LogP contribution in [0.5, 0.6) is 0 Å². The first kappa shape index (κ1) is 21.5. The first-order valence-corrected chi connectivity index (χ1v) is 11.9. The monoisotopic (exact) mass is 460 g/mol. The predicted molar refractivity (Wildman–Crippen MR) is 123 cm³/mol. The number of ether oxygens (including phenoxy) is 1. The zero-order valence-electron chi connectivity index (χ0n) is 17.0. The number of anilines is 1. The van der Waals surface area contributed by atoms with Gasteiger partial charge in [-0.3, -0.25) is 14.3 Å². The van der Waals surface area contributed by atoms with Crippen molar-refractivity contribution in [3.8, 4) is 0 Å². The zero-order valence-corrected chi connectivity index (χ0v) is 18.6. The molecule has 0 atom stereocenters. The average Bonchev–Trinajstić information content (AvgIpc) is 3.38. The van der Waals surface area contributed by atoms with Gasteiger partial charge in [-0.1, -0.05) is 17.4 Å². The van der Waals surface area contributed by atoms with E-state index in [1.807, 2.05) is 0 Å². The first-order chi connectivity index (χ1) is 15.0. The summed E-state index contributed by atoms with van der Waals surface area (Å²) in [5.41, 5.74) is 6.27. The minimum Gasteiger partial charge on any atom is -0.372 e. The number of benzene rings is 1. The van der Waals surface area contributed by atoms with E-state index in [0.29, 0.717) is 6.54 Å². The standard InChI is InChI=1S/C21H24N4O4S2/c22-20(27)29-19(26)17-14-31-21(28)25(17)8-2-1-7-23-9-11-24(12-10-23)16-4-3-5-18-15(16)6-13-30-18/h3-6,13-14H,1-2,7-12H2,(H2,22,27). The van der Waals surface area contributed by atoms with E-state index in [1.54, 1.807) is 11.3 Å². The third-order valence-corrected chi connectivity index (χ3v) is 7.12. The molecule has 2 N–H and O–H groups in total. The van der Waals surface area contributed by atoms with Crippen LogP contribution in [0.4, 0.5) is 10.5 Å². The highest BCUT2D eigenvalue weighted by molar-refractivity contribution is 7.17. The van der Waals surface area contributed by atoms with Crippen LogP contribution in [-0.4, -0.2) is 54.3 Å². The molecule has 3 heterocycles. The number of nitrogens with two attached hydrogens (primary N) is 1. The molecule has 1 aliphatic heterocycles. The highest BCUT2D eigenvalue weighted by Crippen LogP contribution is 2.31. The van der Waals surface area contributed by atoms with E-state index in [1.165, 1.54) is 25.7 Å². The van der Waals surface area contributed by atoms with Crippen LogP contribution in [0.2, 0.25) is 0 Å². The van der Waals surface area contributed by atoms with Gasteiger partial charge in [0.05, 0.1) is 0 Å². The number of esters is 1. The number of thiazole rings is 1. The lowest BCUT2D eigenvalue weighted by molar-refractivity contribution is 0.0626. The Morgan fingerprint density at radius 3 is 2.58 bits per heavy atom. The minimum absolute atomic E-state index is 0.0741. The molecule has 1 fully saturated rings. The molecule has 164 valence electrons. The van der Waals surface area contributed by atoms with Gasteiger partial charge in [0.25, 0.3) is 0 Å². The Kier molecular flexibility index (Phi) is 6.69. The van der Waals surface area contributed by atoms with Crippen molar-refractivity contribution in [1.82, 2.24) is 9.47 Å². The van der Waals surface area contributed by atoms with Crippen LogP contribution in [0.25, 0.3) is 10.1 Å². The Hall–Kier alpha value is -2.69. The maximum atomic E-state index is 12.0. The molecule has 0 bridgehead atoms. The number of rotatable bonds is 7. The SMILES string of the molecule is NC(=O)OC(=O)c1csc(=O)n1CCCCN1CCN(c2cccc3sccc23)CC1. The molecule has 1 saturated heterocycles. The van der Waals surface area contributed by atoms with E-state index in [0.717, 1.165) is 56.9 Å². The van der Waals surface area contributed by atoms with Gasteiger partial charge in [0.1, 0.15) is 5.69 Å². The lowest BCUT2D eigenvalue weighted by atomic mass is 10.1. The molecule has 1 amide bonds. The molecule has 2 aromatic heterocycles. The molecule has 3 aromatic rings. The van der Waals surface area contributed by atoms with E-state index < -0.39 is 12.1 Å². The number of hydrogen-bond acceptors (Lipinski definition) is 8. The molecular weight excluding hydrogens is 436 g/mol. The fourth-order valence-electron chi connectivity index (χ4n) is 3.92. The summed E-state index contributed by atoms with van der Waals surface area (Å²) in [6, 6.07) is 8.68. The summed E-state index contributed by atoms with van der Waals surface area (Å²) in [5.74, 6) is -0.886. The summed E-state index contributed by atoms with van der Waals surface area (Å²) in [6.45, 7) is 5.32. The second-order valence-electron chi connectivity index (χ2n) is 7.39. The lowest BCUT2D eigenvalue weighted by Crippen LogP contribution is -2.46. The van der Waals surface area contributed by atoms with Gasteiger partial charge in [0.2, 0.25) is 0 Å². The molecular formula is C21H24N4O4S2. The van der Waals surface area contributed by atoms with E-state index in [9.17, 15) is 14.4 Å². The summed E-state index contributed by atoms with van der Waals surface area (Å²) < 4.78 is 7.07. The number of amides is 1. The van der Waals surface area contributed by atoms with Crippen LogP contribution in [0.3, 0.4) is 0 Å². The Balaban J connectivity index is 1.25. The van der Waals surface area contributed by atoms with E-state index in [-0.39, 0.29) is 10.6 Å². The van der Waals surface area contributed by atoms with Crippen molar-refractivity contribution in [2.75, 3.05) is 37.6 Å². The number of nitrogens with zero attached hydrogens (tertiary/aromatic N) is 3. The third kappa shape index (κ3) is 4.97. The van der Waals surface area contributed by atoms with Gasteiger partial charge in [-0.05, 0) is 43.0 Å². The first-order valence-electron chi connectivity index (χ1n) is 10.2. The van der Waals surface area contributed by atoms with Crippen molar-refractivity contribution >= 4 is 50.5 Å². The molecule has 10 heteroatoms. The van der Waals surface area contributed by atoms with Gasteiger partial charge in [-0.2, -0.15) is 0 Å². The summed E-state index contributed by atoms with van der Waals surface area (Å²) in [6.07, 6.45) is 0.485. The van der Waals surface area contributed by atoms with Crippen LogP contribution in [0.15, 0.2) is 39.8 Å². The highest BCUT2D eigenvalue weighted by atomic mass is 32.1. The average molecular weight is 461 g/mol. The number of aromatic nitrogens is 1. The van der Waals surface area contributed by atoms with Crippen LogP contribution in [0.1, 0.15) is 23.3 Å². The number of carbonyl (C=O) groups excluding carboxylic acids is 2. The molecule has 1 aliphatic rings. The van der Waals surface area contributed by atoms with Crippen molar-refractivity contribution in [2.45, 2.75) is 19.4 Å². The summed E-state index contributed by atoms with van der Waals surface area (Å²) >= 11 is 2.68. The van der Waals surface area contributed by atoms with Gasteiger partial charge in [0, 0.05) is 53.9 Å². The van der Waals surface area contributed by atoms with Crippen molar-refractivity contribution < 1.29 is 14.3 Å². The summed E-state index contributed by atoms with van der Waals surface area (Å²) in [4.78, 5) is 39.3. The molecule has 0 aliphatic carbocycles. The molecule has 4 rings (SSSR count). The topological polar surface area (TPSA) is 97.9 Å². The van der Waals surface area contributed by atoms with Gasteiger partial charge in [-0.15, -0.1) is 11.3 Å². The number of hydrogen-bond donors (Lipinski definition) is 1. The number of piperazine rings is 1. The summed E-state index contributed by atoms with van der Waals surface area (Å²) in [5, 5.41) is 4.87. The van der Waals surface area contributed by atoms with Crippen LogP contribution in [0, 0.1) is 0 Å². The second kappa shape index (κ2) is 9.63. The molecule has 1 aromatic carbocycles. The number of primary amides is 1. The molecule has 31 heavy (non-hydrogen) atoms. The minimum atomic E-state index is -1.18. The maximum absolute atomic E-state index is 12.0. The van der Waals surface area contributed by atoms with Crippen LogP contribution in [-0.2, 0) is 11.3 Å². The van der Waals surface area contributed by atoms with Crippen LogP contribution >= 0.6 is 22.7 Å². The molecule has 0 saturated carbocycles. The van der Waals surface area contributed by atoms with Gasteiger partial charge in [0.15, 0.2) is 0 Å². The highest BCUT2D eigenvalue weighted by Gasteiger charge is 2.20. The number of thiophene rings is 1. The van der Waals surface area contributed by atoms with E-state index in [4.69, 9.17) is 5.73 Å². The Morgan fingerprint density at radius 2 is 1.81 bits per heavy atom. The number of carbonyl (C=O) groups is 2. The van der Waals surface area contributed by atoms with Gasteiger partial charge < -0.3 is 15.4 Å². The van der Waals surface area contributed by atoms with Crippen molar-refractivity contribution in [2.24, 2.45) is 5.73 Å². The van der Waals surface area contributed by atoms with Crippen molar-refractivity contribution in [1.29, 1.82) is 0 Å². The van der Waals surface area contributed by atoms with E-state index in [2.05, 4.69) is 44.2 Å². The Bertz CT molecular complexity index is 1130. The normalized spacial score (nSPS) is 14.8.